The van der Waals surface area contributed by atoms with Gasteiger partial charge in [0, 0.05) is 25.7 Å². The van der Waals surface area contributed by atoms with E-state index in [2.05, 4.69) is 27.3 Å². The highest BCUT2D eigenvalue weighted by Crippen LogP contribution is 2.20. The predicted molar refractivity (Wildman–Crippen MR) is 77.8 cm³/mol. The van der Waals surface area contributed by atoms with Crippen LogP contribution in [-0.4, -0.2) is 37.3 Å². The van der Waals surface area contributed by atoms with Crippen LogP contribution in [0, 0.1) is 0 Å². The zero-order chi connectivity index (χ0) is 12.9. The van der Waals surface area contributed by atoms with Crippen LogP contribution in [0.15, 0.2) is 18.3 Å². The summed E-state index contributed by atoms with van der Waals surface area (Å²) in [5.74, 6) is 1.12. The Hall–Kier alpha value is -1.29. The molecule has 4 heteroatoms. The Bertz CT molecular complexity index is 381. The maximum absolute atomic E-state index is 5.48. The average molecular weight is 261 g/mol. The summed E-state index contributed by atoms with van der Waals surface area (Å²) in [4.78, 5) is 6.98. The molecule has 1 aromatic rings. The normalized spacial score (nSPS) is 24.2. The minimum atomic E-state index is 0.441. The lowest BCUT2D eigenvalue weighted by molar-refractivity contribution is 0.0876. The summed E-state index contributed by atoms with van der Waals surface area (Å²) in [6, 6.07) is 4.72. The molecule has 2 fully saturated rings. The summed E-state index contributed by atoms with van der Waals surface area (Å²) in [5.41, 5.74) is 1.11. The molecule has 0 amide bonds. The Labute approximate surface area is 115 Å². The summed E-state index contributed by atoms with van der Waals surface area (Å²) in [7, 11) is 0. The number of nitrogens with zero attached hydrogens (tertiary/aromatic N) is 2. The van der Waals surface area contributed by atoms with E-state index >= 15 is 0 Å². The van der Waals surface area contributed by atoms with Gasteiger partial charge in [0.2, 0.25) is 0 Å². The van der Waals surface area contributed by atoms with Gasteiger partial charge in [-0.3, -0.25) is 0 Å². The van der Waals surface area contributed by atoms with E-state index in [1.165, 1.54) is 25.7 Å². The maximum atomic E-state index is 5.48. The first-order valence-corrected chi connectivity index (χ1v) is 7.47. The quantitative estimate of drug-likeness (QED) is 0.907. The number of anilines is 2. The van der Waals surface area contributed by atoms with E-state index in [0.717, 1.165) is 44.2 Å². The highest BCUT2D eigenvalue weighted by Gasteiger charge is 2.14. The first kappa shape index (κ1) is 12.7. The van der Waals surface area contributed by atoms with Gasteiger partial charge in [-0.15, -0.1) is 0 Å². The SMILES string of the molecule is c1cc(N2CCCCC2)ncc1NC1CCCOC1. The fourth-order valence-corrected chi connectivity index (χ4v) is 2.87. The highest BCUT2D eigenvalue weighted by molar-refractivity contribution is 5.49. The Kier molecular flexibility index (Phi) is 4.18. The Balaban J connectivity index is 1.58. The van der Waals surface area contributed by atoms with Crippen LogP contribution in [0.2, 0.25) is 0 Å². The Morgan fingerprint density at radius 2 is 2.05 bits per heavy atom. The van der Waals surface area contributed by atoms with Crippen molar-refractivity contribution in [3.8, 4) is 0 Å². The Morgan fingerprint density at radius 3 is 2.74 bits per heavy atom. The molecular formula is C15H23N3O. The minimum absolute atomic E-state index is 0.441. The van der Waals surface area contributed by atoms with Gasteiger partial charge < -0.3 is 15.0 Å². The molecule has 3 rings (SSSR count). The molecule has 1 atom stereocenters. The lowest BCUT2D eigenvalue weighted by Crippen LogP contribution is -2.31. The third-order valence-corrected chi connectivity index (χ3v) is 3.96. The van der Waals surface area contributed by atoms with Crippen molar-refractivity contribution >= 4 is 11.5 Å². The first-order chi connectivity index (χ1) is 9.42. The molecule has 2 saturated heterocycles. The van der Waals surface area contributed by atoms with Crippen molar-refractivity contribution in [2.45, 2.75) is 38.1 Å². The molecule has 1 unspecified atom stereocenters. The number of pyridine rings is 1. The molecule has 2 aliphatic rings. The van der Waals surface area contributed by atoms with Gasteiger partial charge in [0.25, 0.3) is 0 Å². The summed E-state index contributed by atoms with van der Waals surface area (Å²) >= 11 is 0. The summed E-state index contributed by atoms with van der Waals surface area (Å²) < 4.78 is 5.48. The van der Waals surface area contributed by atoms with E-state index in [1.54, 1.807) is 0 Å². The predicted octanol–water partition coefficient (Wildman–Crippen LogP) is 2.66. The van der Waals surface area contributed by atoms with Crippen LogP contribution in [0.5, 0.6) is 0 Å². The number of rotatable bonds is 3. The molecule has 1 N–H and O–H groups in total. The number of hydrogen-bond acceptors (Lipinski definition) is 4. The summed E-state index contributed by atoms with van der Waals surface area (Å²) in [6.07, 6.45) is 8.24. The van der Waals surface area contributed by atoms with Crippen molar-refractivity contribution in [2.75, 3.05) is 36.5 Å². The minimum Gasteiger partial charge on any atom is -0.379 e. The third kappa shape index (κ3) is 3.38. The molecule has 0 bridgehead atoms. The topological polar surface area (TPSA) is 37.4 Å². The van der Waals surface area contributed by atoms with E-state index in [0.29, 0.717) is 6.04 Å². The van der Waals surface area contributed by atoms with Crippen molar-refractivity contribution < 1.29 is 4.74 Å². The molecule has 3 heterocycles. The highest BCUT2D eigenvalue weighted by atomic mass is 16.5. The van der Waals surface area contributed by atoms with E-state index < -0.39 is 0 Å². The van der Waals surface area contributed by atoms with Crippen LogP contribution in [0.3, 0.4) is 0 Å². The van der Waals surface area contributed by atoms with Crippen molar-refractivity contribution in [3.63, 3.8) is 0 Å². The maximum Gasteiger partial charge on any atom is 0.128 e. The lowest BCUT2D eigenvalue weighted by atomic mass is 10.1. The molecule has 0 aromatic carbocycles. The van der Waals surface area contributed by atoms with E-state index in [9.17, 15) is 0 Å². The zero-order valence-electron chi connectivity index (χ0n) is 11.5. The summed E-state index contributed by atoms with van der Waals surface area (Å²) in [5, 5.41) is 3.50. The van der Waals surface area contributed by atoms with Gasteiger partial charge in [-0.25, -0.2) is 4.98 Å². The number of piperidine rings is 1. The van der Waals surface area contributed by atoms with E-state index in [1.807, 2.05) is 6.20 Å². The second-order valence-electron chi connectivity index (χ2n) is 5.51. The molecule has 0 radical (unpaired) electrons. The van der Waals surface area contributed by atoms with E-state index in [4.69, 9.17) is 4.74 Å². The number of hydrogen-bond donors (Lipinski definition) is 1. The molecular weight excluding hydrogens is 238 g/mol. The van der Waals surface area contributed by atoms with Crippen molar-refractivity contribution in [2.24, 2.45) is 0 Å². The van der Waals surface area contributed by atoms with Crippen LogP contribution in [0.4, 0.5) is 11.5 Å². The first-order valence-electron chi connectivity index (χ1n) is 7.47. The van der Waals surface area contributed by atoms with Crippen molar-refractivity contribution in [1.82, 2.24) is 4.98 Å². The molecule has 4 nitrogen and oxygen atoms in total. The largest absolute Gasteiger partial charge is 0.379 e. The summed E-state index contributed by atoms with van der Waals surface area (Å²) in [6.45, 7) is 4.02. The van der Waals surface area contributed by atoms with Gasteiger partial charge in [0.05, 0.1) is 18.5 Å². The van der Waals surface area contributed by atoms with Gasteiger partial charge in [-0.05, 0) is 44.2 Å². The van der Waals surface area contributed by atoms with Gasteiger partial charge in [-0.1, -0.05) is 0 Å². The van der Waals surface area contributed by atoms with Crippen molar-refractivity contribution in [3.05, 3.63) is 18.3 Å². The fourth-order valence-electron chi connectivity index (χ4n) is 2.87. The van der Waals surface area contributed by atoms with Gasteiger partial charge in [-0.2, -0.15) is 0 Å². The smallest absolute Gasteiger partial charge is 0.128 e. The fraction of sp³-hybridized carbons (Fsp3) is 0.667. The molecule has 1 aromatic heterocycles. The van der Waals surface area contributed by atoms with Gasteiger partial charge in [0.15, 0.2) is 0 Å². The van der Waals surface area contributed by atoms with Gasteiger partial charge >= 0.3 is 0 Å². The molecule has 0 aliphatic carbocycles. The van der Waals surface area contributed by atoms with Crippen molar-refractivity contribution in [1.29, 1.82) is 0 Å². The lowest BCUT2D eigenvalue weighted by Gasteiger charge is -2.28. The van der Waals surface area contributed by atoms with Crippen LogP contribution >= 0.6 is 0 Å². The monoisotopic (exact) mass is 261 g/mol. The Morgan fingerprint density at radius 1 is 1.16 bits per heavy atom. The van der Waals surface area contributed by atoms with Crippen LogP contribution in [0.1, 0.15) is 32.1 Å². The van der Waals surface area contributed by atoms with E-state index in [-0.39, 0.29) is 0 Å². The molecule has 0 spiro atoms. The molecule has 19 heavy (non-hydrogen) atoms. The number of aromatic nitrogens is 1. The standard InChI is InChI=1S/C15H23N3O/c1-2-8-18(9-3-1)15-7-6-13(11-16-15)17-14-5-4-10-19-12-14/h6-7,11,14,17H,1-5,8-10,12H2. The molecule has 0 saturated carbocycles. The second kappa shape index (κ2) is 6.24. The molecule has 104 valence electrons. The molecule has 2 aliphatic heterocycles. The second-order valence-corrected chi connectivity index (χ2v) is 5.51. The van der Waals surface area contributed by atoms with Crippen LogP contribution < -0.4 is 10.2 Å². The third-order valence-electron chi connectivity index (χ3n) is 3.96. The number of ether oxygens (including phenoxy) is 1. The zero-order valence-corrected chi connectivity index (χ0v) is 11.5. The van der Waals surface area contributed by atoms with Crippen LogP contribution in [0.25, 0.3) is 0 Å². The van der Waals surface area contributed by atoms with Crippen LogP contribution in [-0.2, 0) is 4.74 Å². The van der Waals surface area contributed by atoms with Gasteiger partial charge in [0.1, 0.15) is 5.82 Å². The average Bonchev–Trinajstić information content (AvgIpc) is 2.50. The number of nitrogens with one attached hydrogen (secondary N) is 1.